The van der Waals surface area contributed by atoms with E-state index in [4.69, 9.17) is 23.8 Å². The van der Waals surface area contributed by atoms with E-state index in [1.807, 2.05) is 55.3 Å². The van der Waals surface area contributed by atoms with E-state index < -0.39 is 5.54 Å². The number of carbonyl (C=O) groups excluding carboxylic acids is 1. The number of aryl methyl sites for hydroxylation is 2. The van der Waals surface area contributed by atoms with Crippen LogP contribution in [0.25, 0.3) is 0 Å². The summed E-state index contributed by atoms with van der Waals surface area (Å²) in [4.78, 5) is 15.1. The third kappa shape index (κ3) is 3.74. The Morgan fingerprint density at radius 3 is 2.59 bits per heavy atom. The largest absolute Gasteiger partial charge is 0.335 e. The summed E-state index contributed by atoms with van der Waals surface area (Å²) in [6.07, 6.45) is 3.13. The van der Waals surface area contributed by atoms with Crippen molar-refractivity contribution in [3.05, 3.63) is 64.2 Å². The SMILES string of the molecule is Cc1ccc(NC(=S)N(C)C2(c3ccccc3Cl)CCCCC2=O)c(C)c1. The van der Waals surface area contributed by atoms with Gasteiger partial charge in [-0.15, -0.1) is 0 Å². The fourth-order valence-corrected chi connectivity index (χ4v) is 4.51. The molecule has 5 heteroatoms. The van der Waals surface area contributed by atoms with E-state index in [1.165, 1.54) is 5.56 Å². The number of anilines is 1. The molecule has 0 heterocycles. The lowest BCUT2D eigenvalue weighted by molar-refractivity contribution is -0.131. The molecule has 0 amide bonds. The Labute approximate surface area is 171 Å². The highest BCUT2D eigenvalue weighted by atomic mass is 35.5. The van der Waals surface area contributed by atoms with Gasteiger partial charge in [0.1, 0.15) is 5.54 Å². The van der Waals surface area contributed by atoms with Crippen LogP contribution in [-0.2, 0) is 10.3 Å². The molecule has 1 saturated carbocycles. The minimum Gasteiger partial charge on any atom is -0.335 e. The Morgan fingerprint density at radius 1 is 1.19 bits per heavy atom. The van der Waals surface area contributed by atoms with E-state index in [0.29, 0.717) is 23.0 Å². The van der Waals surface area contributed by atoms with E-state index >= 15 is 0 Å². The van der Waals surface area contributed by atoms with Crippen LogP contribution in [0.2, 0.25) is 5.02 Å². The molecule has 1 aliphatic rings. The van der Waals surface area contributed by atoms with Crippen molar-refractivity contribution in [3.8, 4) is 0 Å². The number of benzene rings is 2. The third-order valence-electron chi connectivity index (χ3n) is 5.47. The number of likely N-dealkylation sites (N-methyl/N-ethyl adjacent to an activating group) is 1. The Balaban J connectivity index is 1.98. The summed E-state index contributed by atoms with van der Waals surface area (Å²) < 4.78 is 0. The number of nitrogens with zero attached hydrogens (tertiary/aromatic N) is 1. The van der Waals surface area contributed by atoms with Crippen molar-refractivity contribution < 1.29 is 4.79 Å². The molecule has 0 spiro atoms. The maximum atomic E-state index is 13.2. The van der Waals surface area contributed by atoms with Gasteiger partial charge in [0.2, 0.25) is 0 Å². The Morgan fingerprint density at radius 2 is 1.93 bits per heavy atom. The molecule has 1 aliphatic carbocycles. The summed E-state index contributed by atoms with van der Waals surface area (Å²) in [7, 11) is 1.89. The Hall–Kier alpha value is -1.91. The predicted octanol–water partition coefficient (Wildman–Crippen LogP) is 5.62. The average Bonchev–Trinajstić information content (AvgIpc) is 2.64. The van der Waals surface area contributed by atoms with Crippen LogP contribution in [0.3, 0.4) is 0 Å². The van der Waals surface area contributed by atoms with Gasteiger partial charge >= 0.3 is 0 Å². The highest BCUT2D eigenvalue weighted by molar-refractivity contribution is 7.80. The first kappa shape index (κ1) is 19.8. The summed E-state index contributed by atoms with van der Waals surface area (Å²) >= 11 is 12.2. The smallest absolute Gasteiger partial charge is 0.174 e. The van der Waals surface area contributed by atoms with Gasteiger partial charge in [0.25, 0.3) is 0 Å². The Kier molecular flexibility index (Phi) is 5.87. The first-order valence-electron chi connectivity index (χ1n) is 9.26. The molecule has 1 N–H and O–H groups in total. The van der Waals surface area contributed by atoms with Crippen molar-refractivity contribution in [3.63, 3.8) is 0 Å². The molecule has 0 saturated heterocycles. The van der Waals surface area contributed by atoms with Crippen molar-refractivity contribution in [2.45, 2.75) is 45.1 Å². The number of nitrogens with one attached hydrogen (secondary N) is 1. The molecule has 27 heavy (non-hydrogen) atoms. The molecule has 1 fully saturated rings. The maximum Gasteiger partial charge on any atom is 0.174 e. The van der Waals surface area contributed by atoms with Gasteiger partial charge in [-0.2, -0.15) is 0 Å². The monoisotopic (exact) mass is 400 g/mol. The van der Waals surface area contributed by atoms with E-state index in [1.54, 1.807) is 0 Å². The van der Waals surface area contributed by atoms with Gasteiger partial charge in [-0.1, -0.05) is 47.5 Å². The standard InChI is InChI=1S/C22H25ClN2OS/c1-15-11-12-19(16(2)14-15)24-21(27)25(3)22(13-7-6-10-20(22)26)17-8-4-5-9-18(17)23/h4-5,8-9,11-12,14H,6-7,10,13H2,1-3H3,(H,24,27). The van der Waals surface area contributed by atoms with Crippen LogP contribution in [0.1, 0.15) is 42.4 Å². The summed E-state index contributed by atoms with van der Waals surface area (Å²) in [5.41, 5.74) is 3.29. The molecular weight excluding hydrogens is 376 g/mol. The van der Waals surface area contributed by atoms with Crippen LogP contribution in [0.5, 0.6) is 0 Å². The number of ketones is 1. The van der Waals surface area contributed by atoms with Gasteiger partial charge in [0.05, 0.1) is 0 Å². The molecule has 3 nitrogen and oxygen atoms in total. The number of hydrogen-bond donors (Lipinski definition) is 1. The minimum atomic E-state index is -0.820. The zero-order chi connectivity index (χ0) is 19.6. The van der Waals surface area contributed by atoms with Crippen LogP contribution < -0.4 is 5.32 Å². The molecule has 0 aromatic heterocycles. The van der Waals surface area contributed by atoms with Gasteiger partial charge in [-0.25, -0.2) is 0 Å². The fraction of sp³-hybridized carbons (Fsp3) is 0.364. The topological polar surface area (TPSA) is 32.3 Å². The van der Waals surface area contributed by atoms with Crippen LogP contribution in [-0.4, -0.2) is 22.8 Å². The molecule has 0 aliphatic heterocycles. The third-order valence-corrected chi connectivity index (χ3v) is 6.18. The highest BCUT2D eigenvalue weighted by Crippen LogP contribution is 2.42. The van der Waals surface area contributed by atoms with Crippen LogP contribution >= 0.6 is 23.8 Å². The lowest BCUT2D eigenvalue weighted by Crippen LogP contribution is -2.55. The summed E-state index contributed by atoms with van der Waals surface area (Å²) in [5, 5.41) is 4.46. The molecule has 2 aromatic rings. The van der Waals surface area contributed by atoms with Gasteiger partial charge in [0, 0.05) is 29.7 Å². The first-order chi connectivity index (χ1) is 12.9. The number of hydrogen-bond acceptors (Lipinski definition) is 2. The lowest BCUT2D eigenvalue weighted by Gasteiger charge is -2.45. The molecular formula is C22H25ClN2OS. The van der Waals surface area contributed by atoms with Crippen molar-refractivity contribution in [1.29, 1.82) is 0 Å². The number of carbonyl (C=O) groups is 1. The van der Waals surface area contributed by atoms with Crippen molar-refractivity contribution in [2.75, 3.05) is 12.4 Å². The second-order valence-corrected chi connectivity index (χ2v) is 8.07. The molecule has 3 rings (SSSR count). The molecule has 2 aromatic carbocycles. The van der Waals surface area contributed by atoms with E-state index in [-0.39, 0.29) is 5.78 Å². The minimum absolute atomic E-state index is 0.175. The second-order valence-electron chi connectivity index (χ2n) is 7.28. The zero-order valence-corrected chi connectivity index (χ0v) is 17.6. The number of rotatable bonds is 3. The first-order valence-corrected chi connectivity index (χ1v) is 10.1. The lowest BCUT2D eigenvalue weighted by atomic mass is 9.74. The maximum absolute atomic E-state index is 13.2. The van der Waals surface area contributed by atoms with Crippen LogP contribution in [0.4, 0.5) is 5.69 Å². The quantitative estimate of drug-likeness (QED) is 0.677. The number of thiocarbonyl (C=S) groups is 1. The average molecular weight is 401 g/mol. The van der Waals surface area contributed by atoms with E-state index in [9.17, 15) is 4.79 Å². The van der Waals surface area contributed by atoms with Crippen molar-refractivity contribution >= 4 is 40.4 Å². The molecule has 0 radical (unpaired) electrons. The van der Waals surface area contributed by atoms with E-state index in [2.05, 4.69) is 18.3 Å². The van der Waals surface area contributed by atoms with Gasteiger partial charge in [-0.3, -0.25) is 4.79 Å². The van der Waals surface area contributed by atoms with Crippen LogP contribution in [0, 0.1) is 13.8 Å². The van der Waals surface area contributed by atoms with Crippen molar-refractivity contribution in [2.24, 2.45) is 0 Å². The second kappa shape index (κ2) is 7.99. The highest BCUT2D eigenvalue weighted by Gasteiger charge is 2.47. The molecule has 1 atom stereocenters. The van der Waals surface area contributed by atoms with Gasteiger partial charge < -0.3 is 10.2 Å². The summed E-state index contributed by atoms with van der Waals surface area (Å²) in [6.45, 7) is 4.11. The van der Waals surface area contributed by atoms with Gasteiger partial charge in [0.15, 0.2) is 10.9 Å². The number of Topliss-reactive ketones (excluding diaryl/α,β-unsaturated/α-hetero) is 1. The summed E-state index contributed by atoms with van der Waals surface area (Å²) in [5.74, 6) is 0.175. The van der Waals surface area contributed by atoms with Gasteiger partial charge in [-0.05, 0) is 63.0 Å². The van der Waals surface area contributed by atoms with Crippen LogP contribution in [0.15, 0.2) is 42.5 Å². The molecule has 0 bridgehead atoms. The van der Waals surface area contributed by atoms with E-state index in [0.717, 1.165) is 29.7 Å². The molecule has 142 valence electrons. The fourth-order valence-electron chi connectivity index (χ4n) is 3.96. The van der Waals surface area contributed by atoms with Crippen molar-refractivity contribution in [1.82, 2.24) is 4.90 Å². The Bertz CT molecular complexity index is 882. The summed E-state index contributed by atoms with van der Waals surface area (Å²) in [6, 6.07) is 13.8. The number of halogens is 1. The predicted molar refractivity (Wildman–Crippen MR) is 117 cm³/mol. The zero-order valence-electron chi connectivity index (χ0n) is 16.0. The normalized spacial score (nSPS) is 19.6. The molecule has 1 unspecified atom stereocenters.